The summed E-state index contributed by atoms with van der Waals surface area (Å²) in [7, 11) is 0. The maximum absolute atomic E-state index is 11.5. The van der Waals surface area contributed by atoms with E-state index < -0.39 is 17.3 Å². The zero-order chi connectivity index (χ0) is 14.6. The van der Waals surface area contributed by atoms with Crippen molar-refractivity contribution in [2.45, 2.75) is 32.1 Å². The molecule has 0 spiro atoms. The topological polar surface area (TPSA) is 105 Å². The van der Waals surface area contributed by atoms with Crippen LogP contribution in [0.2, 0.25) is 0 Å². The highest BCUT2D eigenvalue weighted by Crippen LogP contribution is 2.36. The number of nitrogens with one attached hydrogen (secondary N) is 1. The van der Waals surface area contributed by atoms with Crippen LogP contribution in [0, 0.1) is 5.41 Å². The largest absolute Gasteiger partial charge is 0.481 e. The fraction of sp³-hybridized carbons (Fsp3) is 0.500. The molecule has 1 aliphatic rings. The molecule has 0 radical (unpaired) electrons. The minimum Gasteiger partial charge on any atom is -0.481 e. The van der Waals surface area contributed by atoms with Gasteiger partial charge < -0.3 is 16.2 Å². The number of carboxylic acid groups (broad SMARTS) is 1. The van der Waals surface area contributed by atoms with Gasteiger partial charge in [-0.05, 0) is 25.0 Å². The number of carbonyl (C=O) groups is 2. The van der Waals surface area contributed by atoms with E-state index in [1.165, 1.54) is 6.20 Å². The number of aromatic nitrogens is 1. The Hall–Kier alpha value is -2.11. The number of pyridine rings is 1. The number of carbonyl (C=O) groups excluding carboxylic acids is 1. The van der Waals surface area contributed by atoms with Gasteiger partial charge in [-0.3, -0.25) is 9.59 Å². The average molecular weight is 277 g/mol. The summed E-state index contributed by atoms with van der Waals surface area (Å²) in [6, 6.07) is 3.21. The third-order valence-electron chi connectivity index (χ3n) is 3.92. The molecule has 2 rings (SSSR count). The minimum absolute atomic E-state index is 0.334. The molecule has 0 bridgehead atoms. The molecule has 20 heavy (non-hydrogen) atoms. The molecule has 108 valence electrons. The maximum atomic E-state index is 11.5. The van der Waals surface area contributed by atoms with E-state index in [0.29, 0.717) is 30.8 Å². The molecule has 1 aliphatic carbocycles. The van der Waals surface area contributed by atoms with E-state index in [0.717, 1.165) is 19.3 Å². The molecule has 6 heteroatoms. The molecule has 6 nitrogen and oxygen atoms in total. The standard InChI is InChI=1S/C14H19N3O3/c15-12(18)10-4-5-11(16-8-10)17-9-14(13(19)20)6-2-1-3-7-14/h4-5,8H,1-3,6-7,9H2,(H2,15,18)(H,16,17)(H,19,20). The van der Waals surface area contributed by atoms with E-state index in [-0.39, 0.29) is 0 Å². The van der Waals surface area contributed by atoms with Crippen molar-refractivity contribution in [2.75, 3.05) is 11.9 Å². The highest BCUT2D eigenvalue weighted by Gasteiger charge is 2.39. The van der Waals surface area contributed by atoms with Gasteiger partial charge in [-0.15, -0.1) is 0 Å². The van der Waals surface area contributed by atoms with E-state index in [1.54, 1.807) is 12.1 Å². The van der Waals surface area contributed by atoms with Crippen LogP contribution in [-0.2, 0) is 4.79 Å². The number of carboxylic acids is 1. The molecule has 1 amide bonds. The van der Waals surface area contributed by atoms with Crippen LogP contribution in [0.3, 0.4) is 0 Å². The molecule has 1 heterocycles. The fourth-order valence-electron chi connectivity index (χ4n) is 2.60. The second-order valence-corrected chi connectivity index (χ2v) is 5.30. The zero-order valence-electron chi connectivity index (χ0n) is 11.3. The van der Waals surface area contributed by atoms with Gasteiger partial charge in [0.15, 0.2) is 0 Å². The van der Waals surface area contributed by atoms with Gasteiger partial charge in [-0.2, -0.15) is 0 Å². The first kappa shape index (κ1) is 14.3. The number of primary amides is 1. The van der Waals surface area contributed by atoms with Gasteiger partial charge in [-0.1, -0.05) is 19.3 Å². The van der Waals surface area contributed by atoms with Gasteiger partial charge in [0.25, 0.3) is 0 Å². The SMILES string of the molecule is NC(=O)c1ccc(NCC2(C(=O)O)CCCCC2)nc1. The lowest BCUT2D eigenvalue weighted by molar-refractivity contribution is -0.150. The van der Waals surface area contributed by atoms with E-state index in [1.807, 2.05) is 0 Å². The van der Waals surface area contributed by atoms with E-state index in [2.05, 4.69) is 10.3 Å². The first-order chi connectivity index (χ1) is 9.53. The molecular weight excluding hydrogens is 258 g/mol. The van der Waals surface area contributed by atoms with Crippen LogP contribution in [0.5, 0.6) is 0 Å². The third kappa shape index (κ3) is 3.07. The smallest absolute Gasteiger partial charge is 0.311 e. The molecule has 0 saturated heterocycles. The van der Waals surface area contributed by atoms with Crippen LogP contribution in [0.4, 0.5) is 5.82 Å². The molecule has 1 aromatic rings. The van der Waals surface area contributed by atoms with Gasteiger partial charge in [0.2, 0.25) is 5.91 Å². The van der Waals surface area contributed by atoms with Crippen LogP contribution < -0.4 is 11.1 Å². The summed E-state index contributed by atoms with van der Waals surface area (Å²) in [6.07, 6.45) is 5.76. The lowest BCUT2D eigenvalue weighted by atomic mass is 9.74. The third-order valence-corrected chi connectivity index (χ3v) is 3.92. The number of hydrogen-bond acceptors (Lipinski definition) is 4. The molecule has 0 atom stereocenters. The Balaban J connectivity index is 2.02. The van der Waals surface area contributed by atoms with Crippen LogP contribution in [0.15, 0.2) is 18.3 Å². The highest BCUT2D eigenvalue weighted by molar-refractivity contribution is 5.92. The van der Waals surface area contributed by atoms with Gasteiger partial charge in [0, 0.05) is 12.7 Å². The normalized spacial score (nSPS) is 17.4. The Morgan fingerprint density at radius 2 is 2.00 bits per heavy atom. The Labute approximate surface area is 117 Å². The Morgan fingerprint density at radius 3 is 2.50 bits per heavy atom. The second-order valence-electron chi connectivity index (χ2n) is 5.30. The number of anilines is 1. The molecule has 1 saturated carbocycles. The predicted octanol–water partition coefficient (Wildman–Crippen LogP) is 1.63. The molecule has 1 aromatic heterocycles. The quantitative estimate of drug-likeness (QED) is 0.758. The summed E-state index contributed by atoms with van der Waals surface area (Å²) < 4.78 is 0. The van der Waals surface area contributed by atoms with Crippen LogP contribution in [-0.4, -0.2) is 28.5 Å². The molecule has 0 aliphatic heterocycles. The number of amides is 1. The van der Waals surface area contributed by atoms with Gasteiger partial charge in [0.05, 0.1) is 11.0 Å². The van der Waals surface area contributed by atoms with Crippen molar-refractivity contribution in [3.05, 3.63) is 23.9 Å². The fourth-order valence-corrected chi connectivity index (χ4v) is 2.60. The lowest BCUT2D eigenvalue weighted by Crippen LogP contribution is -2.39. The number of nitrogens with zero attached hydrogens (tertiary/aromatic N) is 1. The summed E-state index contributed by atoms with van der Waals surface area (Å²) in [5.41, 5.74) is 4.77. The van der Waals surface area contributed by atoms with Gasteiger partial charge in [-0.25, -0.2) is 4.98 Å². The zero-order valence-corrected chi connectivity index (χ0v) is 11.3. The second kappa shape index (κ2) is 5.90. The van der Waals surface area contributed by atoms with Crippen molar-refractivity contribution in [2.24, 2.45) is 11.1 Å². The molecule has 1 fully saturated rings. The Bertz CT molecular complexity index is 493. The summed E-state index contributed by atoms with van der Waals surface area (Å²) in [5.74, 6) is -0.724. The van der Waals surface area contributed by atoms with Crippen molar-refractivity contribution in [3.63, 3.8) is 0 Å². The van der Waals surface area contributed by atoms with Crippen molar-refractivity contribution in [1.29, 1.82) is 0 Å². The van der Waals surface area contributed by atoms with Crippen molar-refractivity contribution in [1.82, 2.24) is 4.98 Å². The lowest BCUT2D eigenvalue weighted by Gasteiger charge is -2.33. The minimum atomic E-state index is -0.751. The number of hydrogen-bond donors (Lipinski definition) is 3. The van der Waals surface area contributed by atoms with Crippen molar-refractivity contribution < 1.29 is 14.7 Å². The predicted molar refractivity (Wildman–Crippen MR) is 74.4 cm³/mol. The van der Waals surface area contributed by atoms with Crippen LogP contribution in [0.1, 0.15) is 42.5 Å². The Kier molecular flexibility index (Phi) is 4.22. The molecule has 0 aromatic carbocycles. The average Bonchev–Trinajstić information content (AvgIpc) is 2.46. The van der Waals surface area contributed by atoms with Crippen molar-refractivity contribution in [3.8, 4) is 0 Å². The molecular formula is C14H19N3O3. The molecule has 4 N–H and O–H groups in total. The summed E-state index contributed by atoms with van der Waals surface area (Å²) in [5, 5.41) is 12.5. The van der Waals surface area contributed by atoms with Crippen LogP contribution >= 0.6 is 0 Å². The van der Waals surface area contributed by atoms with Gasteiger partial charge in [0.1, 0.15) is 5.82 Å². The first-order valence-electron chi connectivity index (χ1n) is 6.77. The van der Waals surface area contributed by atoms with Crippen LogP contribution in [0.25, 0.3) is 0 Å². The summed E-state index contributed by atoms with van der Waals surface area (Å²) >= 11 is 0. The Morgan fingerprint density at radius 1 is 1.30 bits per heavy atom. The van der Waals surface area contributed by atoms with E-state index in [9.17, 15) is 14.7 Å². The first-order valence-corrected chi connectivity index (χ1v) is 6.77. The summed E-state index contributed by atoms with van der Waals surface area (Å²) in [4.78, 5) is 26.5. The van der Waals surface area contributed by atoms with Crippen molar-refractivity contribution >= 4 is 17.7 Å². The van der Waals surface area contributed by atoms with E-state index in [4.69, 9.17) is 5.73 Å². The number of aliphatic carboxylic acids is 1. The number of nitrogens with two attached hydrogens (primary N) is 1. The van der Waals surface area contributed by atoms with Gasteiger partial charge >= 0.3 is 5.97 Å². The summed E-state index contributed by atoms with van der Waals surface area (Å²) in [6.45, 7) is 0.352. The maximum Gasteiger partial charge on any atom is 0.311 e. The highest BCUT2D eigenvalue weighted by atomic mass is 16.4. The number of rotatable bonds is 5. The van der Waals surface area contributed by atoms with E-state index >= 15 is 0 Å². The monoisotopic (exact) mass is 277 g/mol. The molecule has 0 unspecified atom stereocenters.